The van der Waals surface area contributed by atoms with Gasteiger partial charge in [0.15, 0.2) is 0 Å². The maximum Gasteiger partial charge on any atom is 0.220 e. The van der Waals surface area contributed by atoms with E-state index in [0.29, 0.717) is 13.0 Å². The van der Waals surface area contributed by atoms with Crippen molar-refractivity contribution in [1.29, 1.82) is 0 Å². The number of amides is 1. The fourth-order valence-corrected chi connectivity index (χ4v) is 2.82. The molecule has 0 aliphatic carbocycles. The Balaban J connectivity index is 1.63. The van der Waals surface area contributed by atoms with Gasteiger partial charge >= 0.3 is 0 Å². The molecule has 1 saturated heterocycles. The van der Waals surface area contributed by atoms with E-state index >= 15 is 0 Å². The quantitative estimate of drug-likeness (QED) is 0.801. The Morgan fingerprint density at radius 3 is 2.91 bits per heavy atom. The molecular weight excluding hydrogens is 281 g/mol. The second-order valence-corrected chi connectivity index (χ2v) is 6.08. The normalized spacial score (nSPS) is 17.2. The summed E-state index contributed by atoms with van der Waals surface area (Å²) in [6, 6.07) is 6.60. The third kappa shape index (κ3) is 6.12. The number of piperazine rings is 1. The Hall–Kier alpha value is -1.46. The van der Waals surface area contributed by atoms with Crippen molar-refractivity contribution in [2.45, 2.75) is 19.8 Å². The number of benzene rings is 1. The lowest BCUT2D eigenvalue weighted by Gasteiger charge is -2.27. The van der Waals surface area contributed by atoms with E-state index in [1.54, 1.807) is 12.1 Å². The second kappa shape index (κ2) is 8.86. The van der Waals surface area contributed by atoms with Crippen LogP contribution in [-0.2, 0) is 11.2 Å². The van der Waals surface area contributed by atoms with E-state index in [0.717, 1.165) is 44.7 Å². The Morgan fingerprint density at radius 1 is 1.41 bits per heavy atom. The summed E-state index contributed by atoms with van der Waals surface area (Å²) in [6.45, 7) is 7.78. The van der Waals surface area contributed by atoms with Crippen molar-refractivity contribution in [1.82, 2.24) is 15.5 Å². The Kier molecular flexibility index (Phi) is 6.80. The first-order valence-electron chi connectivity index (χ1n) is 8.07. The van der Waals surface area contributed by atoms with Crippen LogP contribution in [0.5, 0.6) is 0 Å². The van der Waals surface area contributed by atoms with Crippen LogP contribution in [0.3, 0.4) is 0 Å². The maximum absolute atomic E-state index is 13.1. The molecule has 5 heteroatoms. The van der Waals surface area contributed by atoms with Crippen LogP contribution in [-0.4, -0.2) is 50.1 Å². The molecule has 122 valence electrons. The van der Waals surface area contributed by atoms with Crippen LogP contribution in [0.2, 0.25) is 0 Å². The van der Waals surface area contributed by atoms with Crippen molar-refractivity contribution in [3.63, 3.8) is 0 Å². The molecule has 0 radical (unpaired) electrons. The van der Waals surface area contributed by atoms with Crippen LogP contribution in [0.15, 0.2) is 24.3 Å². The molecule has 0 spiro atoms. The second-order valence-electron chi connectivity index (χ2n) is 6.08. The van der Waals surface area contributed by atoms with Gasteiger partial charge in [-0.05, 0) is 30.0 Å². The summed E-state index contributed by atoms with van der Waals surface area (Å²) in [6.07, 6.45) is 1.21. The molecule has 1 unspecified atom stereocenters. The monoisotopic (exact) mass is 307 g/mol. The van der Waals surface area contributed by atoms with E-state index in [4.69, 9.17) is 0 Å². The summed E-state index contributed by atoms with van der Waals surface area (Å²) in [7, 11) is 0. The molecule has 0 bridgehead atoms. The number of rotatable bonds is 7. The molecule has 1 amide bonds. The minimum Gasteiger partial charge on any atom is -0.355 e. The number of nitrogens with one attached hydrogen (secondary N) is 2. The van der Waals surface area contributed by atoms with Gasteiger partial charge in [0.2, 0.25) is 5.91 Å². The molecule has 0 aromatic heterocycles. The molecule has 1 aromatic rings. The Morgan fingerprint density at radius 2 is 2.18 bits per heavy atom. The van der Waals surface area contributed by atoms with Crippen molar-refractivity contribution in [3.8, 4) is 0 Å². The molecule has 2 N–H and O–H groups in total. The third-order valence-electron chi connectivity index (χ3n) is 3.97. The van der Waals surface area contributed by atoms with E-state index in [-0.39, 0.29) is 17.6 Å². The third-order valence-corrected chi connectivity index (χ3v) is 3.97. The van der Waals surface area contributed by atoms with Gasteiger partial charge < -0.3 is 10.6 Å². The molecule has 1 heterocycles. The maximum atomic E-state index is 13.1. The zero-order valence-electron chi connectivity index (χ0n) is 13.3. The van der Waals surface area contributed by atoms with Crippen molar-refractivity contribution in [2.24, 2.45) is 5.92 Å². The SMILES string of the molecule is CC(CC(=O)NCCN1CCNCC1)Cc1cccc(F)c1. The average Bonchev–Trinajstić information content (AvgIpc) is 2.48. The molecule has 2 rings (SSSR count). The molecule has 1 atom stereocenters. The van der Waals surface area contributed by atoms with E-state index in [1.165, 1.54) is 6.07 Å². The molecule has 1 fully saturated rings. The van der Waals surface area contributed by atoms with Gasteiger partial charge in [0.25, 0.3) is 0 Å². The van der Waals surface area contributed by atoms with Gasteiger partial charge in [-0.3, -0.25) is 9.69 Å². The number of hydrogen-bond acceptors (Lipinski definition) is 3. The predicted molar refractivity (Wildman–Crippen MR) is 86.2 cm³/mol. The Bertz CT molecular complexity index is 475. The van der Waals surface area contributed by atoms with E-state index in [1.807, 2.05) is 13.0 Å². The molecule has 22 heavy (non-hydrogen) atoms. The summed E-state index contributed by atoms with van der Waals surface area (Å²) < 4.78 is 13.1. The van der Waals surface area contributed by atoms with Crippen LogP contribution in [0.25, 0.3) is 0 Å². The van der Waals surface area contributed by atoms with E-state index in [2.05, 4.69) is 15.5 Å². The lowest BCUT2D eigenvalue weighted by Crippen LogP contribution is -2.46. The summed E-state index contributed by atoms with van der Waals surface area (Å²) >= 11 is 0. The van der Waals surface area contributed by atoms with Crippen molar-refractivity contribution >= 4 is 5.91 Å². The molecule has 1 aliphatic rings. The molecular formula is C17H26FN3O. The number of halogens is 1. The first kappa shape index (κ1) is 16.9. The van der Waals surface area contributed by atoms with E-state index < -0.39 is 0 Å². The zero-order valence-corrected chi connectivity index (χ0v) is 13.3. The first-order valence-corrected chi connectivity index (χ1v) is 8.07. The van der Waals surface area contributed by atoms with Crippen LogP contribution >= 0.6 is 0 Å². The lowest BCUT2D eigenvalue weighted by molar-refractivity contribution is -0.121. The number of hydrogen-bond donors (Lipinski definition) is 2. The summed E-state index contributed by atoms with van der Waals surface area (Å²) in [5.74, 6) is 0.0743. The lowest BCUT2D eigenvalue weighted by atomic mass is 9.98. The van der Waals surface area contributed by atoms with Gasteiger partial charge in [0.1, 0.15) is 5.82 Å². The highest BCUT2D eigenvalue weighted by atomic mass is 19.1. The average molecular weight is 307 g/mol. The van der Waals surface area contributed by atoms with Gasteiger partial charge in [0.05, 0.1) is 0 Å². The number of carbonyl (C=O) groups excluding carboxylic acids is 1. The topological polar surface area (TPSA) is 44.4 Å². The Labute approximate surface area is 132 Å². The van der Waals surface area contributed by atoms with Crippen LogP contribution in [0.4, 0.5) is 4.39 Å². The summed E-state index contributed by atoms with van der Waals surface area (Å²) in [5.41, 5.74) is 0.945. The highest BCUT2D eigenvalue weighted by Gasteiger charge is 2.12. The standard InChI is InChI=1S/C17H26FN3O/c1-14(11-15-3-2-4-16(18)13-15)12-17(22)20-7-10-21-8-5-19-6-9-21/h2-4,13-14,19H,5-12H2,1H3,(H,20,22). The van der Waals surface area contributed by atoms with Gasteiger partial charge in [0, 0.05) is 45.7 Å². The minimum absolute atomic E-state index is 0.0824. The van der Waals surface area contributed by atoms with Crippen LogP contribution in [0.1, 0.15) is 18.9 Å². The predicted octanol–water partition coefficient (Wildman–Crippen LogP) is 1.42. The van der Waals surface area contributed by atoms with E-state index in [9.17, 15) is 9.18 Å². The van der Waals surface area contributed by atoms with Gasteiger partial charge in [-0.25, -0.2) is 4.39 Å². The highest BCUT2D eigenvalue weighted by Crippen LogP contribution is 2.12. The zero-order chi connectivity index (χ0) is 15.8. The number of carbonyl (C=O) groups is 1. The molecule has 1 aliphatic heterocycles. The summed E-state index contributed by atoms with van der Waals surface area (Å²) in [4.78, 5) is 14.3. The smallest absolute Gasteiger partial charge is 0.220 e. The van der Waals surface area contributed by atoms with Gasteiger partial charge in [-0.2, -0.15) is 0 Å². The molecule has 4 nitrogen and oxygen atoms in total. The largest absolute Gasteiger partial charge is 0.355 e. The van der Waals surface area contributed by atoms with Crippen molar-refractivity contribution < 1.29 is 9.18 Å². The van der Waals surface area contributed by atoms with Crippen LogP contribution in [0, 0.1) is 11.7 Å². The molecule has 0 saturated carbocycles. The fourth-order valence-electron chi connectivity index (χ4n) is 2.82. The molecule has 1 aromatic carbocycles. The van der Waals surface area contributed by atoms with Crippen LogP contribution < -0.4 is 10.6 Å². The number of nitrogens with zero attached hydrogens (tertiary/aromatic N) is 1. The first-order chi connectivity index (χ1) is 10.6. The highest BCUT2D eigenvalue weighted by molar-refractivity contribution is 5.76. The van der Waals surface area contributed by atoms with Gasteiger partial charge in [-0.1, -0.05) is 19.1 Å². The van der Waals surface area contributed by atoms with Gasteiger partial charge in [-0.15, -0.1) is 0 Å². The fraction of sp³-hybridized carbons (Fsp3) is 0.588. The van der Waals surface area contributed by atoms with Crippen molar-refractivity contribution in [3.05, 3.63) is 35.6 Å². The minimum atomic E-state index is -0.217. The summed E-state index contributed by atoms with van der Waals surface area (Å²) in [5, 5.41) is 6.29. The van der Waals surface area contributed by atoms with Crippen molar-refractivity contribution in [2.75, 3.05) is 39.3 Å².